The van der Waals surface area contributed by atoms with Gasteiger partial charge in [0, 0.05) is 0 Å². The van der Waals surface area contributed by atoms with Crippen LogP contribution in [0.4, 0.5) is 0 Å². The molecule has 0 bridgehead atoms. The van der Waals surface area contributed by atoms with E-state index in [9.17, 15) is 0 Å². The third-order valence-electron chi connectivity index (χ3n) is 4.25. The Kier molecular flexibility index (Phi) is 3.39. The van der Waals surface area contributed by atoms with Crippen molar-refractivity contribution in [2.75, 3.05) is 0 Å². The van der Waals surface area contributed by atoms with Crippen molar-refractivity contribution >= 4 is 14.0 Å². The highest BCUT2D eigenvalue weighted by Crippen LogP contribution is 2.37. The third kappa shape index (κ3) is 2.04. The molecule has 2 rings (SSSR count). The predicted octanol–water partition coefficient (Wildman–Crippen LogP) is 3.86. The number of allylic oxidation sites excluding steroid dienone is 4. The van der Waals surface area contributed by atoms with Crippen molar-refractivity contribution in [1.82, 2.24) is 0 Å². The monoisotopic (exact) mass is 241 g/mol. The van der Waals surface area contributed by atoms with Gasteiger partial charge in [-0.15, -0.1) is 0 Å². The molecule has 1 radical (unpaired) electrons. The average molecular weight is 241 g/mol. The first-order valence-corrected chi connectivity index (χ1v) is 8.32. The zero-order valence-corrected chi connectivity index (χ0v) is 12.5. The Morgan fingerprint density at radius 3 is 2.00 bits per heavy atom. The van der Waals surface area contributed by atoms with Crippen LogP contribution < -0.4 is 5.19 Å². The molecule has 0 aromatic heterocycles. The summed E-state index contributed by atoms with van der Waals surface area (Å²) in [7, 11) is -0.569. The van der Waals surface area contributed by atoms with Gasteiger partial charge >= 0.3 is 0 Å². The lowest BCUT2D eigenvalue weighted by atomic mass is 10.1. The van der Waals surface area contributed by atoms with Crippen molar-refractivity contribution in [3.05, 3.63) is 52.2 Å². The van der Waals surface area contributed by atoms with Crippen molar-refractivity contribution in [3.63, 3.8) is 0 Å². The molecular formula is C16H21Si. The molecule has 0 heterocycles. The molecule has 1 atom stereocenters. The molecule has 1 unspecified atom stereocenters. The summed E-state index contributed by atoms with van der Waals surface area (Å²) < 4.78 is 0. The van der Waals surface area contributed by atoms with Crippen LogP contribution in [0.5, 0.6) is 0 Å². The molecule has 89 valence electrons. The largest absolute Gasteiger partial charge is 0.114 e. The number of benzene rings is 1. The highest BCUT2D eigenvalue weighted by Gasteiger charge is 2.28. The van der Waals surface area contributed by atoms with Crippen LogP contribution >= 0.6 is 0 Å². The standard InChI is InChI=1S/C16H21Si/c1-11-12(2)14(4)16(13(11)3)17(5)15-9-7-6-8-10-15/h6-10,13H,1-5H3. The lowest BCUT2D eigenvalue weighted by Gasteiger charge is -2.19. The van der Waals surface area contributed by atoms with E-state index in [2.05, 4.69) is 64.6 Å². The maximum Gasteiger partial charge on any atom is 0.114 e. The topological polar surface area (TPSA) is 0 Å². The average Bonchev–Trinajstić information content (AvgIpc) is 2.54. The van der Waals surface area contributed by atoms with Gasteiger partial charge in [-0.25, -0.2) is 0 Å². The van der Waals surface area contributed by atoms with Crippen molar-refractivity contribution in [2.45, 2.75) is 34.2 Å². The molecule has 1 aliphatic rings. The van der Waals surface area contributed by atoms with Crippen molar-refractivity contribution in [3.8, 4) is 0 Å². The first kappa shape index (κ1) is 12.4. The number of rotatable bonds is 2. The Morgan fingerprint density at radius 2 is 1.53 bits per heavy atom. The Hall–Kier alpha value is -1.08. The van der Waals surface area contributed by atoms with E-state index in [-0.39, 0.29) is 0 Å². The summed E-state index contributed by atoms with van der Waals surface area (Å²) in [5.41, 5.74) is 4.64. The highest BCUT2D eigenvalue weighted by atomic mass is 28.3. The Morgan fingerprint density at radius 1 is 0.941 bits per heavy atom. The van der Waals surface area contributed by atoms with Crippen LogP contribution in [0.3, 0.4) is 0 Å². The Balaban J connectivity index is 2.38. The third-order valence-corrected chi connectivity index (χ3v) is 7.07. The summed E-state index contributed by atoms with van der Waals surface area (Å²) in [5.74, 6) is 0.647. The van der Waals surface area contributed by atoms with Crippen LogP contribution in [0.15, 0.2) is 52.2 Å². The van der Waals surface area contributed by atoms with E-state index in [0.717, 1.165) is 0 Å². The van der Waals surface area contributed by atoms with Crippen LogP contribution in [0.1, 0.15) is 27.7 Å². The van der Waals surface area contributed by atoms with Gasteiger partial charge in [0.2, 0.25) is 0 Å². The molecule has 0 saturated carbocycles. The minimum atomic E-state index is -0.569. The zero-order valence-electron chi connectivity index (χ0n) is 11.5. The summed E-state index contributed by atoms with van der Waals surface area (Å²) >= 11 is 0. The smallest absolute Gasteiger partial charge is 0.0675 e. The van der Waals surface area contributed by atoms with E-state index in [1.807, 2.05) is 0 Å². The zero-order chi connectivity index (χ0) is 12.6. The minimum absolute atomic E-state index is 0.569. The van der Waals surface area contributed by atoms with Crippen molar-refractivity contribution in [1.29, 1.82) is 0 Å². The molecule has 0 spiro atoms. The van der Waals surface area contributed by atoms with Gasteiger partial charge in [0.25, 0.3) is 0 Å². The SMILES string of the molecule is CC1=C(C)C(C)C([Si](C)c2ccccc2)=C1C. The summed E-state index contributed by atoms with van der Waals surface area (Å²) in [5, 5.41) is 3.23. The van der Waals surface area contributed by atoms with Gasteiger partial charge in [-0.1, -0.05) is 65.3 Å². The van der Waals surface area contributed by atoms with E-state index in [1.54, 1.807) is 16.3 Å². The maximum absolute atomic E-state index is 2.43. The maximum atomic E-state index is 2.43. The molecule has 17 heavy (non-hydrogen) atoms. The molecule has 0 amide bonds. The summed E-state index contributed by atoms with van der Waals surface area (Å²) in [6, 6.07) is 11.0. The van der Waals surface area contributed by atoms with Gasteiger partial charge < -0.3 is 0 Å². The molecule has 1 aliphatic carbocycles. The van der Waals surface area contributed by atoms with Gasteiger partial charge in [0.05, 0.1) is 0 Å². The van der Waals surface area contributed by atoms with Crippen LogP contribution in [-0.4, -0.2) is 8.80 Å². The van der Waals surface area contributed by atoms with Gasteiger partial charge in [-0.05, 0) is 32.3 Å². The van der Waals surface area contributed by atoms with E-state index in [0.29, 0.717) is 5.92 Å². The second-order valence-electron chi connectivity index (χ2n) is 5.06. The molecular weight excluding hydrogens is 220 g/mol. The second kappa shape index (κ2) is 4.65. The summed E-state index contributed by atoms with van der Waals surface area (Å²) in [6.07, 6.45) is 0. The molecule has 1 aromatic rings. The Labute approximate surface area is 107 Å². The fourth-order valence-corrected chi connectivity index (χ4v) is 5.43. The minimum Gasteiger partial charge on any atom is -0.0675 e. The molecule has 1 heteroatoms. The van der Waals surface area contributed by atoms with E-state index < -0.39 is 8.80 Å². The second-order valence-corrected chi connectivity index (χ2v) is 7.43. The molecule has 0 nitrogen and oxygen atoms in total. The molecule has 0 fully saturated rings. The van der Waals surface area contributed by atoms with Crippen LogP contribution in [-0.2, 0) is 0 Å². The fraction of sp³-hybridized carbons (Fsp3) is 0.375. The lowest BCUT2D eigenvalue weighted by molar-refractivity contribution is 0.853. The summed E-state index contributed by atoms with van der Waals surface area (Å²) in [4.78, 5) is 0. The normalized spacial score (nSPS) is 20.7. The molecule has 0 saturated heterocycles. The fourth-order valence-electron chi connectivity index (χ4n) is 2.81. The van der Waals surface area contributed by atoms with Crippen LogP contribution in [0.2, 0.25) is 6.55 Å². The van der Waals surface area contributed by atoms with Gasteiger partial charge in [-0.2, -0.15) is 0 Å². The first-order valence-electron chi connectivity index (χ1n) is 6.32. The number of hydrogen-bond acceptors (Lipinski definition) is 0. The Bertz CT molecular complexity index is 480. The van der Waals surface area contributed by atoms with E-state index in [1.165, 1.54) is 10.8 Å². The van der Waals surface area contributed by atoms with Crippen LogP contribution in [0, 0.1) is 5.92 Å². The van der Waals surface area contributed by atoms with Crippen LogP contribution in [0.25, 0.3) is 0 Å². The van der Waals surface area contributed by atoms with Gasteiger partial charge in [0.1, 0.15) is 8.80 Å². The highest BCUT2D eigenvalue weighted by molar-refractivity contribution is 6.79. The number of hydrogen-bond donors (Lipinski definition) is 0. The van der Waals surface area contributed by atoms with Gasteiger partial charge in [-0.3, -0.25) is 0 Å². The van der Waals surface area contributed by atoms with Crippen molar-refractivity contribution in [2.24, 2.45) is 5.92 Å². The lowest BCUT2D eigenvalue weighted by Crippen LogP contribution is -2.31. The molecule has 1 aromatic carbocycles. The first-order chi connectivity index (χ1) is 8.04. The van der Waals surface area contributed by atoms with E-state index in [4.69, 9.17) is 0 Å². The predicted molar refractivity (Wildman–Crippen MR) is 77.9 cm³/mol. The van der Waals surface area contributed by atoms with Crippen molar-refractivity contribution < 1.29 is 0 Å². The van der Waals surface area contributed by atoms with Gasteiger partial charge in [0.15, 0.2) is 0 Å². The molecule has 0 aliphatic heterocycles. The molecule has 0 N–H and O–H groups in total. The van der Waals surface area contributed by atoms with E-state index >= 15 is 0 Å². The quantitative estimate of drug-likeness (QED) is 0.690. The summed E-state index contributed by atoms with van der Waals surface area (Å²) in [6.45, 7) is 11.7.